The molecule has 3 atom stereocenters. The van der Waals surface area contributed by atoms with E-state index < -0.39 is 30.1 Å². The van der Waals surface area contributed by atoms with E-state index in [1.807, 2.05) is 30.3 Å². The number of aliphatic carboxylic acids is 1. The number of rotatable bonds is 7. The van der Waals surface area contributed by atoms with Gasteiger partial charge in [-0.2, -0.15) is 0 Å². The number of carboxylic acids is 1. The van der Waals surface area contributed by atoms with E-state index in [1.54, 1.807) is 6.08 Å². The van der Waals surface area contributed by atoms with Gasteiger partial charge in [-0.05, 0) is 42.0 Å². The minimum absolute atomic E-state index is 0.0411. The van der Waals surface area contributed by atoms with Crippen LogP contribution in [0.15, 0.2) is 60.7 Å². The second-order valence-corrected chi connectivity index (χ2v) is 8.97. The van der Waals surface area contributed by atoms with Gasteiger partial charge in [0, 0.05) is 11.8 Å². The Hall–Kier alpha value is -3.65. The fourth-order valence-electron chi connectivity index (χ4n) is 4.48. The number of carboxylic acid groups (broad SMARTS) is 1. The number of allylic oxidation sites excluding steroid dienone is 1. The Balaban J connectivity index is 1.31. The smallest absolute Gasteiger partial charge is 0.407 e. The Bertz CT molecular complexity index is 1080. The SMILES string of the molecule is CC(O)(CNC(=O)[C@@H]1CC=C[C@@H](NC(=O)OCC2c3ccccc3-c3ccccc32)C1)C(=O)O. The Morgan fingerprint density at radius 3 is 2.29 bits per heavy atom. The first-order valence-corrected chi connectivity index (χ1v) is 11.3. The van der Waals surface area contributed by atoms with Crippen molar-refractivity contribution in [3.05, 3.63) is 71.8 Å². The summed E-state index contributed by atoms with van der Waals surface area (Å²) in [6.45, 7) is 0.925. The molecular formula is C26H28N2O6. The van der Waals surface area contributed by atoms with Gasteiger partial charge in [0.2, 0.25) is 5.91 Å². The van der Waals surface area contributed by atoms with E-state index >= 15 is 0 Å². The summed E-state index contributed by atoms with van der Waals surface area (Å²) in [6.07, 6.45) is 3.87. The molecule has 34 heavy (non-hydrogen) atoms. The summed E-state index contributed by atoms with van der Waals surface area (Å²) in [6, 6.07) is 15.8. The molecule has 0 radical (unpaired) electrons. The topological polar surface area (TPSA) is 125 Å². The first-order chi connectivity index (χ1) is 16.3. The molecule has 8 heteroatoms. The van der Waals surface area contributed by atoms with Crippen LogP contribution in [0.2, 0.25) is 0 Å². The number of hydrogen-bond donors (Lipinski definition) is 4. The van der Waals surface area contributed by atoms with Crippen LogP contribution in [0.5, 0.6) is 0 Å². The number of hydrogen-bond acceptors (Lipinski definition) is 5. The van der Waals surface area contributed by atoms with E-state index in [2.05, 4.69) is 34.9 Å². The normalized spacial score (nSPS) is 20.5. The molecule has 4 rings (SSSR count). The number of carbonyl (C=O) groups excluding carboxylic acids is 2. The number of fused-ring (bicyclic) bond motifs is 3. The Morgan fingerprint density at radius 1 is 1.06 bits per heavy atom. The molecule has 0 aromatic heterocycles. The standard InChI is InChI=1S/C26H28N2O6/c1-26(33,24(30)31)15-27-23(29)16-7-6-8-17(13-16)28-25(32)34-14-22-20-11-4-2-9-18(20)19-10-3-5-12-21(19)22/h2-6,8-12,16-17,22,33H,7,13-15H2,1H3,(H,27,29)(H,28,32)(H,30,31)/t16-,17-,26?/m1/s1. The van der Waals surface area contributed by atoms with Gasteiger partial charge in [-0.15, -0.1) is 0 Å². The number of benzene rings is 2. The number of nitrogens with one attached hydrogen (secondary N) is 2. The lowest BCUT2D eigenvalue weighted by Gasteiger charge is -2.26. The lowest BCUT2D eigenvalue weighted by molar-refractivity contribution is -0.156. The lowest BCUT2D eigenvalue weighted by atomic mass is 9.90. The van der Waals surface area contributed by atoms with E-state index in [9.17, 15) is 19.5 Å². The van der Waals surface area contributed by atoms with Gasteiger partial charge < -0.3 is 25.6 Å². The average Bonchev–Trinajstić information content (AvgIpc) is 3.15. The molecule has 2 aromatic rings. The highest BCUT2D eigenvalue weighted by molar-refractivity contribution is 5.82. The molecule has 0 heterocycles. The van der Waals surface area contributed by atoms with Gasteiger partial charge in [0.25, 0.3) is 0 Å². The summed E-state index contributed by atoms with van der Waals surface area (Å²) in [5, 5.41) is 24.0. The van der Waals surface area contributed by atoms with Crippen LogP contribution in [0.3, 0.4) is 0 Å². The molecule has 0 spiro atoms. The van der Waals surface area contributed by atoms with Crippen LogP contribution in [0, 0.1) is 5.92 Å². The van der Waals surface area contributed by atoms with Gasteiger partial charge >= 0.3 is 12.1 Å². The summed E-state index contributed by atoms with van der Waals surface area (Å²) < 4.78 is 5.57. The highest BCUT2D eigenvalue weighted by Gasteiger charge is 2.33. The Kier molecular flexibility index (Phi) is 6.70. The Labute approximate surface area is 197 Å². The number of aliphatic hydroxyl groups is 1. The van der Waals surface area contributed by atoms with Gasteiger partial charge in [-0.1, -0.05) is 60.7 Å². The van der Waals surface area contributed by atoms with E-state index in [-0.39, 0.29) is 24.5 Å². The monoisotopic (exact) mass is 464 g/mol. The predicted octanol–water partition coefficient (Wildman–Crippen LogP) is 2.81. The van der Waals surface area contributed by atoms with E-state index in [4.69, 9.17) is 9.84 Å². The van der Waals surface area contributed by atoms with Crippen molar-refractivity contribution in [2.45, 2.75) is 37.3 Å². The third-order valence-electron chi connectivity index (χ3n) is 6.41. The first kappa shape index (κ1) is 23.5. The summed E-state index contributed by atoms with van der Waals surface area (Å²) in [7, 11) is 0. The van der Waals surface area contributed by atoms with Crippen LogP contribution in [0.1, 0.15) is 36.8 Å². The summed E-state index contributed by atoms with van der Waals surface area (Å²) in [4.78, 5) is 36.0. The van der Waals surface area contributed by atoms with Gasteiger partial charge in [0.05, 0.1) is 12.6 Å². The molecule has 1 unspecified atom stereocenters. The number of ether oxygens (including phenoxy) is 1. The first-order valence-electron chi connectivity index (χ1n) is 11.3. The van der Waals surface area contributed by atoms with Crippen molar-refractivity contribution >= 4 is 18.0 Å². The van der Waals surface area contributed by atoms with Crippen molar-refractivity contribution in [3.63, 3.8) is 0 Å². The minimum Gasteiger partial charge on any atom is -0.479 e. The van der Waals surface area contributed by atoms with E-state index in [0.29, 0.717) is 12.8 Å². The molecular weight excluding hydrogens is 436 g/mol. The molecule has 4 N–H and O–H groups in total. The maximum atomic E-state index is 12.5. The third kappa shape index (κ3) is 4.97. The molecule has 0 saturated heterocycles. The number of alkyl carbamates (subject to hydrolysis) is 1. The third-order valence-corrected chi connectivity index (χ3v) is 6.41. The zero-order chi connectivity index (χ0) is 24.3. The van der Waals surface area contributed by atoms with Crippen LogP contribution in [-0.2, 0) is 14.3 Å². The van der Waals surface area contributed by atoms with Crippen molar-refractivity contribution in [2.75, 3.05) is 13.2 Å². The molecule has 178 valence electrons. The summed E-state index contributed by atoms with van der Waals surface area (Å²) in [5.41, 5.74) is 2.52. The van der Waals surface area contributed by atoms with Crippen LogP contribution in [0.4, 0.5) is 4.79 Å². The van der Waals surface area contributed by atoms with E-state index in [1.165, 1.54) is 0 Å². The number of carbonyl (C=O) groups is 3. The maximum absolute atomic E-state index is 12.5. The quantitative estimate of drug-likeness (QED) is 0.467. The zero-order valence-electron chi connectivity index (χ0n) is 18.9. The van der Waals surface area contributed by atoms with E-state index in [0.717, 1.165) is 29.2 Å². The number of amides is 2. The highest BCUT2D eigenvalue weighted by Crippen LogP contribution is 2.44. The van der Waals surface area contributed by atoms with Crippen LogP contribution >= 0.6 is 0 Å². The van der Waals surface area contributed by atoms with Crippen molar-refractivity contribution in [1.29, 1.82) is 0 Å². The van der Waals surface area contributed by atoms with Crippen molar-refractivity contribution in [3.8, 4) is 11.1 Å². The van der Waals surface area contributed by atoms with Crippen LogP contribution < -0.4 is 10.6 Å². The fraction of sp³-hybridized carbons (Fsp3) is 0.346. The van der Waals surface area contributed by atoms with Crippen molar-refractivity contribution < 1.29 is 29.3 Å². The summed E-state index contributed by atoms with van der Waals surface area (Å²) in [5.74, 6) is -2.27. The van der Waals surface area contributed by atoms with Gasteiger partial charge in [-0.3, -0.25) is 4.79 Å². The molecule has 2 amide bonds. The maximum Gasteiger partial charge on any atom is 0.407 e. The zero-order valence-corrected chi connectivity index (χ0v) is 18.9. The highest BCUT2D eigenvalue weighted by atomic mass is 16.5. The molecule has 2 aromatic carbocycles. The molecule has 0 bridgehead atoms. The minimum atomic E-state index is -2.04. The largest absolute Gasteiger partial charge is 0.479 e. The molecule has 8 nitrogen and oxygen atoms in total. The fourth-order valence-corrected chi connectivity index (χ4v) is 4.48. The lowest BCUT2D eigenvalue weighted by Crippen LogP contribution is -2.48. The van der Waals surface area contributed by atoms with Gasteiger partial charge in [0.15, 0.2) is 5.60 Å². The molecule has 0 saturated carbocycles. The van der Waals surface area contributed by atoms with Crippen LogP contribution in [0.25, 0.3) is 11.1 Å². The predicted molar refractivity (Wildman–Crippen MR) is 125 cm³/mol. The molecule has 2 aliphatic rings. The molecule has 0 aliphatic heterocycles. The second-order valence-electron chi connectivity index (χ2n) is 8.97. The average molecular weight is 465 g/mol. The summed E-state index contributed by atoms with van der Waals surface area (Å²) >= 11 is 0. The van der Waals surface area contributed by atoms with Gasteiger partial charge in [-0.25, -0.2) is 9.59 Å². The molecule has 2 aliphatic carbocycles. The van der Waals surface area contributed by atoms with Gasteiger partial charge in [0.1, 0.15) is 6.61 Å². The second kappa shape index (κ2) is 9.69. The van der Waals surface area contributed by atoms with Crippen molar-refractivity contribution in [1.82, 2.24) is 10.6 Å². The van der Waals surface area contributed by atoms with Crippen molar-refractivity contribution in [2.24, 2.45) is 5.92 Å². The van der Waals surface area contributed by atoms with Crippen LogP contribution in [-0.4, -0.2) is 53.0 Å². The molecule has 0 fully saturated rings. The Morgan fingerprint density at radius 2 is 1.68 bits per heavy atom.